The number of nitriles is 1. The van der Waals surface area contributed by atoms with Crippen LogP contribution in [0.4, 0.5) is 5.69 Å². The first kappa shape index (κ1) is 21.5. The Morgan fingerprint density at radius 2 is 1.71 bits per heavy atom. The largest absolute Gasteiger partial charge is 0.354 e. The molecule has 8 nitrogen and oxygen atoms in total. The van der Waals surface area contributed by atoms with E-state index < -0.39 is 16.7 Å². The topological polar surface area (TPSA) is 125 Å². The van der Waals surface area contributed by atoms with Gasteiger partial charge in [0.2, 0.25) is 5.91 Å². The molecule has 0 aromatic heterocycles. The number of nitro groups is 1. The number of amides is 2. The summed E-state index contributed by atoms with van der Waals surface area (Å²) in [4.78, 5) is 36.0. The molecule has 1 unspecified atom stereocenters. The molecule has 2 amide bonds. The predicted molar refractivity (Wildman–Crippen MR) is 115 cm³/mol. The molecule has 1 atom stereocenters. The second-order valence-corrected chi connectivity index (χ2v) is 6.84. The van der Waals surface area contributed by atoms with Crippen molar-refractivity contribution in [2.45, 2.75) is 12.3 Å². The second kappa shape index (κ2) is 9.98. The molecule has 0 saturated heterocycles. The van der Waals surface area contributed by atoms with Crippen LogP contribution in [0.15, 0.2) is 66.7 Å². The molecule has 31 heavy (non-hydrogen) atoms. The Hall–Kier alpha value is -4.25. The predicted octanol–water partition coefficient (Wildman–Crippen LogP) is 3.29. The Morgan fingerprint density at radius 3 is 2.45 bits per heavy atom. The number of hydrogen-bond acceptors (Lipinski definition) is 5. The van der Waals surface area contributed by atoms with Gasteiger partial charge in [-0.1, -0.05) is 54.6 Å². The fourth-order valence-electron chi connectivity index (χ4n) is 3.27. The lowest BCUT2D eigenvalue weighted by Gasteiger charge is -2.18. The number of rotatable bonds is 8. The summed E-state index contributed by atoms with van der Waals surface area (Å²) in [5, 5.41) is 27.2. The Labute approximate surface area is 178 Å². The first-order valence-corrected chi connectivity index (χ1v) is 9.66. The summed E-state index contributed by atoms with van der Waals surface area (Å²) in [5.41, 5.74) is 0.311. The lowest BCUT2D eigenvalue weighted by atomic mass is 9.95. The van der Waals surface area contributed by atoms with E-state index in [4.69, 9.17) is 5.26 Å². The third-order valence-electron chi connectivity index (χ3n) is 4.84. The first-order chi connectivity index (χ1) is 15.0. The van der Waals surface area contributed by atoms with Crippen LogP contribution in [0.25, 0.3) is 10.8 Å². The van der Waals surface area contributed by atoms with E-state index in [0.717, 1.165) is 10.8 Å². The molecule has 8 heteroatoms. The van der Waals surface area contributed by atoms with Crippen molar-refractivity contribution in [3.8, 4) is 6.07 Å². The highest BCUT2D eigenvalue weighted by Crippen LogP contribution is 2.23. The van der Waals surface area contributed by atoms with Crippen molar-refractivity contribution in [2.24, 2.45) is 0 Å². The van der Waals surface area contributed by atoms with Gasteiger partial charge in [0.05, 0.1) is 23.3 Å². The van der Waals surface area contributed by atoms with Crippen LogP contribution in [0.1, 0.15) is 28.3 Å². The average molecular weight is 416 g/mol. The fourth-order valence-corrected chi connectivity index (χ4v) is 3.27. The lowest BCUT2D eigenvalue weighted by molar-refractivity contribution is -0.385. The van der Waals surface area contributed by atoms with Crippen LogP contribution in [-0.2, 0) is 4.79 Å². The molecule has 0 fully saturated rings. The smallest absolute Gasteiger partial charge is 0.282 e. The van der Waals surface area contributed by atoms with Gasteiger partial charge in [-0.15, -0.1) is 0 Å². The molecule has 156 valence electrons. The highest BCUT2D eigenvalue weighted by atomic mass is 16.6. The van der Waals surface area contributed by atoms with Crippen LogP contribution >= 0.6 is 0 Å². The Bertz CT molecular complexity index is 1170. The Morgan fingerprint density at radius 1 is 1.00 bits per heavy atom. The van der Waals surface area contributed by atoms with Gasteiger partial charge in [0.1, 0.15) is 5.56 Å². The van der Waals surface area contributed by atoms with Crippen LogP contribution < -0.4 is 10.6 Å². The molecule has 0 bridgehead atoms. The monoisotopic (exact) mass is 416 g/mol. The zero-order valence-corrected chi connectivity index (χ0v) is 16.6. The highest BCUT2D eigenvalue weighted by molar-refractivity contribution is 5.98. The molecule has 3 rings (SSSR count). The number of nitrogens with zero attached hydrogens (tertiary/aromatic N) is 2. The molecule has 0 spiro atoms. The molecule has 0 aliphatic heterocycles. The van der Waals surface area contributed by atoms with Crippen molar-refractivity contribution < 1.29 is 14.5 Å². The van der Waals surface area contributed by atoms with Crippen molar-refractivity contribution in [2.75, 3.05) is 13.1 Å². The summed E-state index contributed by atoms with van der Waals surface area (Å²) in [7, 11) is 0. The fraction of sp³-hybridized carbons (Fsp3) is 0.174. The normalized spacial score (nSPS) is 11.3. The quantitative estimate of drug-likeness (QED) is 0.331. The summed E-state index contributed by atoms with van der Waals surface area (Å²) < 4.78 is 0. The van der Waals surface area contributed by atoms with E-state index in [0.29, 0.717) is 5.56 Å². The van der Waals surface area contributed by atoms with Crippen LogP contribution in [-0.4, -0.2) is 29.8 Å². The number of benzene rings is 3. The molecule has 0 heterocycles. The number of carbonyl (C=O) groups is 2. The van der Waals surface area contributed by atoms with Crippen molar-refractivity contribution in [1.82, 2.24) is 10.6 Å². The number of nitro benzene ring substituents is 1. The maximum absolute atomic E-state index is 12.8. The zero-order valence-electron chi connectivity index (χ0n) is 16.6. The van der Waals surface area contributed by atoms with Crippen LogP contribution in [0.3, 0.4) is 0 Å². The maximum atomic E-state index is 12.8. The number of nitrogens with one attached hydrogen (secondary N) is 2. The van der Waals surface area contributed by atoms with E-state index in [-0.39, 0.29) is 36.7 Å². The van der Waals surface area contributed by atoms with Gasteiger partial charge in [-0.3, -0.25) is 19.7 Å². The number of carbonyl (C=O) groups excluding carboxylic acids is 2. The average Bonchev–Trinajstić information content (AvgIpc) is 2.79. The molecular formula is C23H20N4O4. The zero-order chi connectivity index (χ0) is 22.2. The van der Waals surface area contributed by atoms with Gasteiger partial charge < -0.3 is 10.6 Å². The van der Waals surface area contributed by atoms with E-state index in [1.165, 1.54) is 24.3 Å². The van der Waals surface area contributed by atoms with Gasteiger partial charge in [0.15, 0.2) is 0 Å². The summed E-state index contributed by atoms with van der Waals surface area (Å²) in [5.74, 6) is -1.70. The molecule has 0 aliphatic carbocycles. The SMILES string of the molecule is N#CCCNC(=O)C(CNC(=O)c1ccccc1[N+](=O)[O-])c1ccc2ccccc2c1. The van der Waals surface area contributed by atoms with E-state index in [9.17, 15) is 19.7 Å². The van der Waals surface area contributed by atoms with Gasteiger partial charge in [-0.2, -0.15) is 5.26 Å². The standard InChI is InChI=1S/C23H20N4O4/c24-12-5-13-25-23(29)20(18-11-10-16-6-1-2-7-17(16)14-18)15-26-22(28)19-8-3-4-9-21(19)27(30)31/h1-4,6-11,14,20H,5,13,15H2,(H,25,29)(H,26,28). The maximum Gasteiger partial charge on any atom is 0.282 e. The van der Waals surface area contributed by atoms with Crippen molar-refractivity contribution in [3.63, 3.8) is 0 Å². The molecular weight excluding hydrogens is 396 g/mol. The summed E-state index contributed by atoms with van der Waals surface area (Å²) in [6, 6.07) is 20.9. The van der Waals surface area contributed by atoms with Crippen molar-refractivity contribution in [3.05, 3.63) is 88.0 Å². The van der Waals surface area contributed by atoms with E-state index in [2.05, 4.69) is 10.6 Å². The van der Waals surface area contributed by atoms with Gasteiger partial charge >= 0.3 is 0 Å². The van der Waals surface area contributed by atoms with Gasteiger partial charge in [-0.05, 0) is 22.4 Å². The molecule has 0 aliphatic rings. The minimum absolute atomic E-state index is 0.0540. The van der Waals surface area contributed by atoms with Crippen LogP contribution in [0.5, 0.6) is 0 Å². The number of para-hydroxylation sites is 1. The minimum atomic E-state index is -0.727. The first-order valence-electron chi connectivity index (χ1n) is 9.66. The summed E-state index contributed by atoms with van der Waals surface area (Å²) in [6.07, 6.45) is 0.165. The molecule has 0 saturated carbocycles. The number of fused-ring (bicyclic) bond motifs is 1. The van der Waals surface area contributed by atoms with Gasteiger partial charge in [0, 0.05) is 19.2 Å². The molecule has 0 radical (unpaired) electrons. The Kier molecular flexibility index (Phi) is 6.91. The molecule has 2 N–H and O–H groups in total. The minimum Gasteiger partial charge on any atom is -0.354 e. The second-order valence-electron chi connectivity index (χ2n) is 6.84. The van der Waals surface area contributed by atoms with E-state index in [1.54, 1.807) is 0 Å². The Balaban J connectivity index is 1.84. The highest BCUT2D eigenvalue weighted by Gasteiger charge is 2.24. The third kappa shape index (κ3) is 5.22. The van der Waals surface area contributed by atoms with Gasteiger partial charge in [-0.25, -0.2) is 0 Å². The van der Waals surface area contributed by atoms with Crippen LogP contribution in [0.2, 0.25) is 0 Å². The van der Waals surface area contributed by atoms with Gasteiger partial charge in [0.25, 0.3) is 11.6 Å². The van der Waals surface area contributed by atoms with Crippen molar-refractivity contribution in [1.29, 1.82) is 5.26 Å². The lowest BCUT2D eigenvalue weighted by Crippen LogP contribution is -2.38. The third-order valence-corrected chi connectivity index (χ3v) is 4.84. The molecule has 3 aromatic carbocycles. The summed E-state index contributed by atoms with van der Waals surface area (Å²) >= 11 is 0. The number of hydrogen-bond donors (Lipinski definition) is 2. The molecule has 3 aromatic rings. The van der Waals surface area contributed by atoms with Crippen LogP contribution in [0, 0.1) is 21.4 Å². The van der Waals surface area contributed by atoms with E-state index in [1.807, 2.05) is 48.5 Å². The van der Waals surface area contributed by atoms with E-state index >= 15 is 0 Å². The van der Waals surface area contributed by atoms with Crippen molar-refractivity contribution >= 4 is 28.3 Å². The summed E-state index contributed by atoms with van der Waals surface area (Å²) in [6.45, 7) is 0.138.